The number of benzene rings is 3. The molecule has 1 saturated carbocycles. The average molecular weight is 536 g/mol. The minimum atomic E-state index is -1.83. The van der Waals surface area contributed by atoms with E-state index >= 15 is 0 Å². The van der Waals surface area contributed by atoms with E-state index in [4.69, 9.17) is 24.3 Å². The number of nitrogens with one attached hydrogen (secondary N) is 1. The Bertz CT molecular complexity index is 1560. The second-order valence-electron chi connectivity index (χ2n) is 9.49. The number of hydrogen-bond acceptors (Lipinski definition) is 6. The predicted molar refractivity (Wildman–Crippen MR) is 153 cm³/mol. The third-order valence-corrected chi connectivity index (χ3v) is 6.51. The monoisotopic (exact) mass is 535 g/mol. The van der Waals surface area contributed by atoms with E-state index in [2.05, 4.69) is 64.0 Å². The first-order chi connectivity index (χ1) is 19.5. The zero-order valence-electron chi connectivity index (χ0n) is 21.9. The van der Waals surface area contributed by atoms with Gasteiger partial charge >= 0.3 is 6.16 Å². The van der Waals surface area contributed by atoms with Crippen molar-refractivity contribution in [3.63, 3.8) is 0 Å². The molecule has 5 aromatic rings. The Balaban J connectivity index is 0.000000758. The minimum Gasteiger partial charge on any atom is -0.473 e. The van der Waals surface area contributed by atoms with Crippen LogP contribution in [-0.4, -0.2) is 26.5 Å². The molecule has 0 saturated heterocycles. The van der Waals surface area contributed by atoms with Gasteiger partial charge in [-0.3, -0.25) is 0 Å². The molecule has 3 aromatic carbocycles. The number of aryl methyl sites for hydroxylation is 1. The Morgan fingerprint density at radius 2 is 1.50 bits per heavy atom. The molecule has 202 valence electrons. The molecular formula is C32H29N3O5. The first kappa shape index (κ1) is 26.5. The summed E-state index contributed by atoms with van der Waals surface area (Å²) in [6.07, 6.45) is 0.809. The van der Waals surface area contributed by atoms with Crippen molar-refractivity contribution in [2.45, 2.75) is 32.3 Å². The summed E-state index contributed by atoms with van der Waals surface area (Å²) < 4.78 is 11.6. The van der Waals surface area contributed by atoms with Gasteiger partial charge in [-0.05, 0) is 54.0 Å². The lowest BCUT2D eigenvalue weighted by molar-refractivity contribution is 0.137. The zero-order valence-corrected chi connectivity index (χ0v) is 21.9. The van der Waals surface area contributed by atoms with Crippen LogP contribution >= 0.6 is 0 Å². The quantitative estimate of drug-likeness (QED) is 0.182. The molecule has 8 heteroatoms. The second-order valence-corrected chi connectivity index (χ2v) is 9.49. The van der Waals surface area contributed by atoms with Crippen molar-refractivity contribution in [1.29, 1.82) is 0 Å². The zero-order chi connectivity index (χ0) is 27.9. The number of rotatable bonds is 8. The molecule has 3 N–H and O–H groups in total. The predicted octanol–water partition coefficient (Wildman–Crippen LogP) is 8.13. The van der Waals surface area contributed by atoms with Gasteiger partial charge < -0.3 is 24.8 Å². The van der Waals surface area contributed by atoms with E-state index in [1.165, 1.54) is 29.5 Å². The van der Waals surface area contributed by atoms with E-state index in [-0.39, 0.29) is 0 Å². The van der Waals surface area contributed by atoms with Crippen LogP contribution < -0.4 is 10.1 Å². The summed E-state index contributed by atoms with van der Waals surface area (Å²) in [5, 5.41) is 21.5. The van der Waals surface area contributed by atoms with E-state index in [1.54, 1.807) is 0 Å². The number of nitrogens with zero attached hydrogens (tertiary/aromatic N) is 2. The topological polar surface area (TPSA) is 118 Å². The SMILES string of the molecule is Cc1noc(-c2ccc(-c3ccc(C4CC4)cc3)cc2)c1Nc1cccc(OCc2ccccc2)n1.O=C(O)O. The molecule has 0 unspecified atom stereocenters. The largest absolute Gasteiger partial charge is 0.503 e. The fourth-order valence-electron chi connectivity index (χ4n) is 4.32. The number of hydrogen-bond donors (Lipinski definition) is 3. The molecule has 8 nitrogen and oxygen atoms in total. The van der Waals surface area contributed by atoms with Gasteiger partial charge in [-0.1, -0.05) is 90.1 Å². The Labute approximate surface area is 231 Å². The number of anilines is 2. The maximum Gasteiger partial charge on any atom is 0.503 e. The maximum atomic E-state index is 8.56. The van der Waals surface area contributed by atoms with Gasteiger partial charge in [0.1, 0.15) is 23.8 Å². The Kier molecular flexibility index (Phi) is 8.06. The standard InChI is InChI=1S/C31H27N3O2.CH2O3/c1-21-30(33-28-8-5-9-29(32-28)35-20-22-6-3-2-4-7-22)31(36-34-21)27-18-16-26(17-19-27)25-14-12-24(13-15-25)23-10-11-23;2-1(3)4/h2-9,12-19,23H,10-11,20H2,1H3,(H,32,33);(H2,2,3,4). The number of aromatic nitrogens is 2. The lowest BCUT2D eigenvalue weighted by Gasteiger charge is -2.10. The van der Waals surface area contributed by atoms with Crippen molar-refractivity contribution in [2.24, 2.45) is 0 Å². The molecule has 0 bridgehead atoms. The Morgan fingerprint density at radius 3 is 2.15 bits per heavy atom. The van der Waals surface area contributed by atoms with E-state index in [0.29, 0.717) is 24.1 Å². The van der Waals surface area contributed by atoms with Crippen molar-refractivity contribution < 1.29 is 24.3 Å². The van der Waals surface area contributed by atoms with Crippen LogP contribution in [-0.2, 0) is 6.61 Å². The van der Waals surface area contributed by atoms with Crippen molar-refractivity contribution >= 4 is 17.7 Å². The highest BCUT2D eigenvalue weighted by molar-refractivity contribution is 5.79. The summed E-state index contributed by atoms with van der Waals surface area (Å²) in [7, 11) is 0. The summed E-state index contributed by atoms with van der Waals surface area (Å²) in [5.41, 5.74) is 7.45. The van der Waals surface area contributed by atoms with Crippen molar-refractivity contribution in [3.8, 4) is 28.3 Å². The van der Waals surface area contributed by atoms with Gasteiger partial charge in [-0.15, -0.1) is 0 Å². The maximum absolute atomic E-state index is 8.56. The smallest absolute Gasteiger partial charge is 0.473 e. The van der Waals surface area contributed by atoms with Crippen LogP contribution in [0.25, 0.3) is 22.5 Å². The van der Waals surface area contributed by atoms with Crippen LogP contribution in [0.5, 0.6) is 5.88 Å². The third kappa shape index (κ3) is 6.85. The van der Waals surface area contributed by atoms with Gasteiger partial charge in [-0.25, -0.2) is 4.79 Å². The first-order valence-corrected chi connectivity index (χ1v) is 13.0. The van der Waals surface area contributed by atoms with Gasteiger partial charge in [0.05, 0.1) is 0 Å². The molecule has 0 aliphatic heterocycles. The van der Waals surface area contributed by atoms with E-state index in [0.717, 1.165) is 28.4 Å². The molecule has 0 atom stereocenters. The minimum absolute atomic E-state index is 0.463. The molecular weight excluding hydrogens is 506 g/mol. The number of carbonyl (C=O) groups is 1. The summed E-state index contributed by atoms with van der Waals surface area (Å²) in [5.74, 6) is 2.67. The highest BCUT2D eigenvalue weighted by Crippen LogP contribution is 2.40. The van der Waals surface area contributed by atoms with Crippen LogP contribution in [0.1, 0.15) is 35.6 Å². The Hall–Kier alpha value is -5.11. The van der Waals surface area contributed by atoms with Gasteiger partial charge in [0.15, 0.2) is 5.76 Å². The lowest BCUT2D eigenvalue weighted by atomic mass is 10.0. The highest BCUT2D eigenvalue weighted by atomic mass is 16.6. The summed E-state index contributed by atoms with van der Waals surface area (Å²) >= 11 is 0. The molecule has 2 aromatic heterocycles. The van der Waals surface area contributed by atoms with Crippen molar-refractivity contribution in [1.82, 2.24) is 10.1 Å². The fraction of sp³-hybridized carbons (Fsp3) is 0.156. The average Bonchev–Trinajstić information content (AvgIpc) is 3.76. The van der Waals surface area contributed by atoms with Gasteiger partial charge in [-0.2, -0.15) is 4.98 Å². The number of carboxylic acid groups (broad SMARTS) is 2. The van der Waals surface area contributed by atoms with Crippen LogP contribution in [0.3, 0.4) is 0 Å². The molecule has 1 aliphatic carbocycles. The summed E-state index contributed by atoms with van der Waals surface area (Å²) in [6, 6.07) is 33.1. The van der Waals surface area contributed by atoms with Gasteiger partial charge in [0, 0.05) is 11.6 Å². The van der Waals surface area contributed by atoms with Gasteiger partial charge in [0.25, 0.3) is 0 Å². The molecule has 0 amide bonds. The molecule has 1 aliphatic rings. The molecule has 1 fully saturated rings. The molecule has 0 spiro atoms. The van der Waals surface area contributed by atoms with Crippen LogP contribution in [0, 0.1) is 6.92 Å². The van der Waals surface area contributed by atoms with Crippen LogP contribution in [0.2, 0.25) is 0 Å². The molecule has 2 heterocycles. The normalized spacial score (nSPS) is 12.2. The molecule has 40 heavy (non-hydrogen) atoms. The van der Waals surface area contributed by atoms with E-state index in [9.17, 15) is 0 Å². The third-order valence-electron chi connectivity index (χ3n) is 6.51. The number of ether oxygens (including phenoxy) is 1. The summed E-state index contributed by atoms with van der Waals surface area (Å²) in [4.78, 5) is 13.2. The van der Waals surface area contributed by atoms with E-state index in [1.807, 2.05) is 55.5 Å². The molecule has 6 rings (SSSR count). The highest BCUT2D eigenvalue weighted by Gasteiger charge is 2.23. The van der Waals surface area contributed by atoms with Crippen molar-refractivity contribution in [2.75, 3.05) is 5.32 Å². The van der Waals surface area contributed by atoms with Crippen molar-refractivity contribution in [3.05, 3.63) is 114 Å². The second kappa shape index (κ2) is 12.2. The summed E-state index contributed by atoms with van der Waals surface area (Å²) in [6.45, 7) is 2.38. The van der Waals surface area contributed by atoms with E-state index < -0.39 is 6.16 Å². The fourth-order valence-corrected chi connectivity index (χ4v) is 4.32. The first-order valence-electron chi connectivity index (χ1n) is 13.0. The van der Waals surface area contributed by atoms with Crippen LogP contribution in [0.4, 0.5) is 16.3 Å². The lowest BCUT2D eigenvalue weighted by Crippen LogP contribution is -2.00. The Morgan fingerprint density at radius 1 is 0.875 bits per heavy atom. The molecule has 0 radical (unpaired) electrons. The van der Waals surface area contributed by atoms with Crippen LogP contribution in [0.15, 0.2) is 102 Å². The van der Waals surface area contributed by atoms with Gasteiger partial charge in [0.2, 0.25) is 5.88 Å². The number of pyridine rings is 1.